The van der Waals surface area contributed by atoms with E-state index < -0.39 is 0 Å². The fourth-order valence-corrected chi connectivity index (χ4v) is 1.47. The third-order valence-electron chi connectivity index (χ3n) is 2.36. The van der Waals surface area contributed by atoms with E-state index in [4.69, 9.17) is 0 Å². The maximum absolute atomic E-state index is 4.13. The lowest BCUT2D eigenvalue weighted by atomic mass is 10.1. The van der Waals surface area contributed by atoms with Crippen molar-refractivity contribution in [2.45, 2.75) is 32.9 Å². The van der Waals surface area contributed by atoms with Crippen molar-refractivity contribution in [2.75, 3.05) is 0 Å². The predicted molar refractivity (Wildman–Crippen MR) is 64.7 cm³/mol. The van der Waals surface area contributed by atoms with Gasteiger partial charge in [-0.3, -0.25) is 4.68 Å². The van der Waals surface area contributed by atoms with Crippen molar-refractivity contribution >= 4 is 0 Å². The fourth-order valence-electron chi connectivity index (χ4n) is 1.47. The van der Waals surface area contributed by atoms with Gasteiger partial charge in [0.1, 0.15) is 5.69 Å². The molecule has 2 heterocycles. The molecule has 2 aromatic rings. The fraction of sp³-hybridized carbons (Fsp3) is 0.545. The third kappa shape index (κ3) is 2.91. The molecule has 17 heavy (non-hydrogen) atoms. The number of nitrogens with one attached hydrogen (secondary N) is 1. The van der Waals surface area contributed by atoms with Crippen molar-refractivity contribution in [3.63, 3.8) is 0 Å². The van der Waals surface area contributed by atoms with Crippen LogP contribution in [-0.4, -0.2) is 30.3 Å². The van der Waals surface area contributed by atoms with Crippen LogP contribution in [-0.2, 0) is 13.6 Å². The van der Waals surface area contributed by atoms with E-state index in [2.05, 4.69) is 41.5 Å². The standard InChI is InChI=1S/C11H18N6/c1-11(2,3)12-5-9-6-13-15-17(9)10-7-14-16(4)8-10/h6-8,12H,5H2,1-4H3. The number of nitrogens with zero attached hydrogens (tertiary/aromatic N) is 5. The summed E-state index contributed by atoms with van der Waals surface area (Å²) in [5.74, 6) is 0. The Hall–Kier alpha value is -1.69. The molecule has 0 aromatic carbocycles. The lowest BCUT2D eigenvalue weighted by molar-refractivity contribution is 0.418. The zero-order valence-electron chi connectivity index (χ0n) is 10.7. The van der Waals surface area contributed by atoms with Gasteiger partial charge in [-0.05, 0) is 20.8 Å². The van der Waals surface area contributed by atoms with Gasteiger partial charge in [-0.1, -0.05) is 5.21 Å². The quantitative estimate of drug-likeness (QED) is 0.856. The molecule has 0 bridgehead atoms. The van der Waals surface area contributed by atoms with Gasteiger partial charge < -0.3 is 5.32 Å². The number of hydrogen-bond donors (Lipinski definition) is 1. The van der Waals surface area contributed by atoms with E-state index in [-0.39, 0.29) is 5.54 Å². The zero-order valence-corrected chi connectivity index (χ0v) is 10.7. The van der Waals surface area contributed by atoms with Crippen LogP contribution in [0.3, 0.4) is 0 Å². The van der Waals surface area contributed by atoms with Crippen LogP contribution in [0.2, 0.25) is 0 Å². The highest BCUT2D eigenvalue weighted by Crippen LogP contribution is 2.09. The summed E-state index contributed by atoms with van der Waals surface area (Å²) in [7, 11) is 1.88. The molecule has 1 N–H and O–H groups in total. The van der Waals surface area contributed by atoms with Gasteiger partial charge in [0.05, 0.1) is 24.3 Å². The molecule has 0 radical (unpaired) electrons. The topological polar surface area (TPSA) is 60.6 Å². The molecule has 0 saturated heterocycles. The molecule has 0 saturated carbocycles. The van der Waals surface area contributed by atoms with E-state index in [0.717, 1.165) is 17.9 Å². The van der Waals surface area contributed by atoms with Gasteiger partial charge in [-0.25, -0.2) is 4.68 Å². The van der Waals surface area contributed by atoms with Gasteiger partial charge in [0.15, 0.2) is 0 Å². The second-order valence-electron chi connectivity index (χ2n) is 5.11. The molecule has 6 nitrogen and oxygen atoms in total. The van der Waals surface area contributed by atoms with Crippen molar-refractivity contribution in [1.82, 2.24) is 30.1 Å². The van der Waals surface area contributed by atoms with Crippen LogP contribution in [0.15, 0.2) is 18.6 Å². The smallest absolute Gasteiger partial charge is 0.105 e. The van der Waals surface area contributed by atoms with E-state index >= 15 is 0 Å². The molecule has 0 aliphatic heterocycles. The number of hydrogen-bond acceptors (Lipinski definition) is 4. The first-order valence-corrected chi connectivity index (χ1v) is 5.59. The van der Waals surface area contributed by atoms with Crippen LogP contribution in [0.5, 0.6) is 0 Å². The molecule has 0 spiro atoms. The highest BCUT2D eigenvalue weighted by atomic mass is 15.4. The van der Waals surface area contributed by atoms with Crippen molar-refractivity contribution in [2.24, 2.45) is 7.05 Å². The molecule has 0 atom stereocenters. The molecule has 2 aromatic heterocycles. The van der Waals surface area contributed by atoms with Crippen LogP contribution in [0.1, 0.15) is 26.5 Å². The molecular weight excluding hydrogens is 216 g/mol. The summed E-state index contributed by atoms with van der Waals surface area (Å²) in [5, 5.41) is 15.6. The summed E-state index contributed by atoms with van der Waals surface area (Å²) in [4.78, 5) is 0. The summed E-state index contributed by atoms with van der Waals surface area (Å²) in [5.41, 5.74) is 2.02. The zero-order chi connectivity index (χ0) is 12.5. The summed E-state index contributed by atoms with van der Waals surface area (Å²) in [6.45, 7) is 7.12. The average Bonchev–Trinajstić information content (AvgIpc) is 2.81. The Balaban J connectivity index is 2.17. The second kappa shape index (κ2) is 4.29. The van der Waals surface area contributed by atoms with E-state index in [9.17, 15) is 0 Å². The average molecular weight is 234 g/mol. The minimum atomic E-state index is 0.0735. The molecule has 2 rings (SSSR count). The van der Waals surface area contributed by atoms with Gasteiger partial charge in [0.2, 0.25) is 0 Å². The first kappa shape index (κ1) is 11.8. The first-order chi connectivity index (χ1) is 7.96. The van der Waals surface area contributed by atoms with Crippen LogP contribution < -0.4 is 5.32 Å². The minimum absolute atomic E-state index is 0.0735. The Labute approximate surface area is 101 Å². The summed E-state index contributed by atoms with van der Waals surface area (Å²) < 4.78 is 3.55. The lowest BCUT2D eigenvalue weighted by Crippen LogP contribution is -2.35. The molecule has 0 amide bonds. The van der Waals surface area contributed by atoms with Gasteiger partial charge >= 0.3 is 0 Å². The molecular formula is C11H18N6. The van der Waals surface area contributed by atoms with Crippen LogP contribution >= 0.6 is 0 Å². The summed E-state index contributed by atoms with van der Waals surface area (Å²) in [6, 6.07) is 0. The molecule has 0 fully saturated rings. The predicted octanol–water partition coefficient (Wildman–Crippen LogP) is 0.889. The molecule has 0 unspecified atom stereocenters. The Kier molecular flexibility index (Phi) is 2.97. The molecule has 0 aliphatic carbocycles. The normalized spacial score (nSPS) is 12.0. The monoisotopic (exact) mass is 234 g/mol. The molecule has 6 heteroatoms. The first-order valence-electron chi connectivity index (χ1n) is 5.59. The SMILES string of the molecule is Cn1cc(-n2nncc2CNC(C)(C)C)cn1. The maximum atomic E-state index is 4.13. The lowest BCUT2D eigenvalue weighted by Gasteiger charge is -2.20. The Morgan fingerprint density at radius 1 is 1.29 bits per heavy atom. The van der Waals surface area contributed by atoms with Crippen LogP contribution in [0, 0.1) is 0 Å². The van der Waals surface area contributed by atoms with Gasteiger partial charge in [-0.2, -0.15) is 5.10 Å². The van der Waals surface area contributed by atoms with Gasteiger partial charge in [0.25, 0.3) is 0 Å². The maximum Gasteiger partial charge on any atom is 0.105 e. The highest BCUT2D eigenvalue weighted by molar-refractivity contribution is 5.25. The van der Waals surface area contributed by atoms with Gasteiger partial charge in [-0.15, -0.1) is 5.10 Å². The highest BCUT2D eigenvalue weighted by Gasteiger charge is 2.12. The summed E-state index contributed by atoms with van der Waals surface area (Å²) >= 11 is 0. The third-order valence-corrected chi connectivity index (χ3v) is 2.36. The summed E-state index contributed by atoms with van der Waals surface area (Å²) in [6.07, 6.45) is 5.45. The van der Waals surface area contributed by atoms with Crippen molar-refractivity contribution in [1.29, 1.82) is 0 Å². The second-order valence-corrected chi connectivity index (χ2v) is 5.11. The largest absolute Gasteiger partial charge is 0.306 e. The number of aryl methyl sites for hydroxylation is 1. The van der Waals surface area contributed by atoms with Crippen LogP contribution in [0.4, 0.5) is 0 Å². The van der Waals surface area contributed by atoms with E-state index in [1.54, 1.807) is 21.8 Å². The van der Waals surface area contributed by atoms with Crippen LogP contribution in [0.25, 0.3) is 5.69 Å². The van der Waals surface area contributed by atoms with Crippen molar-refractivity contribution in [3.8, 4) is 5.69 Å². The Morgan fingerprint density at radius 2 is 2.06 bits per heavy atom. The van der Waals surface area contributed by atoms with E-state index in [0.29, 0.717) is 0 Å². The Bertz CT molecular complexity index is 490. The van der Waals surface area contributed by atoms with Crippen molar-refractivity contribution < 1.29 is 0 Å². The number of aromatic nitrogens is 5. The van der Waals surface area contributed by atoms with E-state index in [1.165, 1.54) is 0 Å². The van der Waals surface area contributed by atoms with E-state index in [1.807, 2.05) is 13.2 Å². The van der Waals surface area contributed by atoms with Gasteiger partial charge in [0, 0.05) is 19.1 Å². The molecule has 92 valence electrons. The molecule has 0 aliphatic rings. The minimum Gasteiger partial charge on any atom is -0.306 e. The van der Waals surface area contributed by atoms with Crippen molar-refractivity contribution in [3.05, 3.63) is 24.3 Å². The number of rotatable bonds is 3. The Morgan fingerprint density at radius 3 is 2.65 bits per heavy atom.